The fraction of sp³-hybridized carbons (Fsp3) is 0.286. The maximum Gasteiger partial charge on any atom is 0.240 e. The Morgan fingerprint density at radius 3 is 2.38 bits per heavy atom. The lowest BCUT2D eigenvalue weighted by atomic mass is 9.87. The van der Waals surface area contributed by atoms with Crippen LogP contribution in [-0.2, 0) is 27.7 Å². The van der Waals surface area contributed by atoms with Gasteiger partial charge in [-0.1, -0.05) is 92.2 Å². The van der Waals surface area contributed by atoms with Gasteiger partial charge in [0.1, 0.15) is 0 Å². The van der Waals surface area contributed by atoms with Crippen molar-refractivity contribution in [3.8, 4) is 5.69 Å². The van der Waals surface area contributed by atoms with Gasteiger partial charge in [-0.3, -0.25) is 4.57 Å². The molecule has 0 spiro atoms. The minimum atomic E-state index is -3.75. The van der Waals surface area contributed by atoms with Crippen LogP contribution in [0.15, 0.2) is 76.8 Å². The van der Waals surface area contributed by atoms with Crippen LogP contribution in [0.3, 0.4) is 0 Å². The van der Waals surface area contributed by atoms with Crippen LogP contribution < -0.4 is 4.72 Å². The van der Waals surface area contributed by atoms with Gasteiger partial charge in [0.05, 0.1) is 17.1 Å². The molecular formula is C28H31ClN4O2S2. The molecule has 0 aliphatic carbocycles. The Kier molecular flexibility index (Phi) is 8.14. The van der Waals surface area contributed by atoms with Crippen LogP contribution in [0.1, 0.15) is 48.8 Å². The van der Waals surface area contributed by atoms with Crippen molar-refractivity contribution in [2.24, 2.45) is 0 Å². The predicted octanol–water partition coefficient (Wildman–Crippen LogP) is 6.61. The first kappa shape index (κ1) is 27.4. The van der Waals surface area contributed by atoms with Crippen LogP contribution in [0.5, 0.6) is 0 Å². The van der Waals surface area contributed by atoms with E-state index >= 15 is 0 Å². The van der Waals surface area contributed by atoms with Crippen LogP contribution in [-0.4, -0.2) is 23.2 Å². The van der Waals surface area contributed by atoms with Crippen LogP contribution >= 0.6 is 23.4 Å². The van der Waals surface area contributed by atoms with Gasteiger partial charge in [0.2, 0.25) is 10.0 Å². The lowest BCUT2D eigenvalue weighted by molar-refractivity contribution is 0.575. The smallest absolute Gasteiger partial charge is 0.240 e. The van der Waals surface area contributed by atoms with E-state index in [1.807, 2.05) is 47.9 Å². The third kappa shape index (κ3) is 6.62. The SMILES string of the molecule is Cc1cccc(CSc2nnc(CNS(=O)(=O)c3ccc(C(C)(C)C)cc3)n2-c2cc(Cl)ccc2C)c1. The van der Waals surface area contributed by atoms with Gasteiger partial charge < -0.3 is 0 Å². The van der Waals surface area contributed by atoms with Crippen LogP contribution in [0.2, 0.25) is 5.02 Å². The zero-order chi connectivity index (χ0) is 26.8. The van der Waals surface area contributed by atoms with Crippen molar-refractivity contribution in [3.05, 3.63) is 99.8 Å². The Morgan fingerprint density at radius 1 is 0.973 bits per heavy atom. The summed E-state index contributed by atoms with van der Waals surface area (Å²) < 4.78 is 30.8. The van der Waals surface area contributed by atoms with Gasteiger partial charge in [0, 0.05) is 10.8 Å². The Labute approximate surface area is 228 Å². The van der Waals surface area contributed by atoms with Crippen molar-refractivity contribution >= 4 is 33.4 Å². The fourth-order valence-electron chi connectivity index (χ4n) is 3.90. The second kappa shape index (κ2) is 11.0. The van der Waals surface area contributed by atoms with Gasteiger partial charge in [-0.05, 0) is 60.2 Å². The van der Waals surface area contributed by atoms with Crippen LogP contribution in [0, 0.1) is 13.8 Å². The van der Waals surface area contributed by atoms with E-state index in [1.54, 1.807) is 23.9 Å². The first-order valence-corrected chi connectivity index (χ1v) is 14.8. The maximum atomic E-state index is 13.1. The number of halogens is 1. The summed E-state index contributed by atoms with van der Waals surface area (Å²) in [6, 6.07) is 20.9. The monoisotopic (exact) mass is 554 g/mol. The standard InChI is InChI=1S/C28H31ClN4O2S2/c1-19-7-6-8-21(15-19)18-36-27-32-31-26(33(27)25-16-23(29)12-9-20(25)2)17-30-37(34,35)24-13-10-22(11-14-24)28(3,4)5/h6-16,30H,17-18H2,1-5H3. The molecule has 4 aromatic rings. The molecular weight excluding hydrogens is 524 g/mol. The highest BCUT2D eigenvalue weighted by Crippen LogP contribution is 2.29. The molecule has 0 fully saturated rings. The lowest BCUT2D eigenvalue weighted by Crippen LogP contribution is -2.25. The molecule has 1 aromatic heterocycles. The number of benzene rings is 3. The number of nitrogens with zero attached hydrogens (tertiary/aromatic N) is 3. The van der Waals surface area contributed by atoms with E-state index in [2.05, 4.69) is 60.8 Å². The first-order chi connectivity index (χ1) is 17.4. The summed E-state index contributed by atoms with van der Waals surface area (Å²) in [5, 5.41) is 10.0. The molecule has 0 saturated heterocycles. The quantitative estimate of drug-likeness (QED) is 0.248. The Hall–Kier alpha value is -2.65. The highest BCUT2D eigenvalue weighted by atomic mass is 35.5. The second-order valence-corrected chi connectivity index (χ2v) is 13.2. The van der Waals surface area contributed by atoms with Gasteiger partial charge in [-0.2, -0.15) is 0 Å². The van der Waals surface area contributed by atoms with E-state index in [1.165, 1.54) is 11.1 Å². The molecule has 0 amide bonds. The summed E-state index contributed by atoms with van der Waals surface area (Å²) in [6.45, 7) is 10.3. The van der Waals surface area contributed by atoms with Gasteiger partial charge in [0.15, 0.2) is 11.0 Å². The van der Waals surface area contributed by atoms with Crippen molar-refractivity contribution in [2.45, 2.75) is 62.4 Å². The fourth-order valence-corrected chi connectivity index (χ4v) is 5.95. The lowest BCUT2D eigenvalue weighted by Gasteiger charge is -2.19. The Morgan fingerprint density at radius 2 is 1.70 bits per heavy atom. The number of hydrogen-bond acceptors (Lipinski definition) is 5. The molecule has 0 atom stereocenters. The predicted molar refractivity (Wildman–Crippen MR) is 151 cm³/mol. The molecule has 0 saturated carbocycles. The summed E-state index contributed by atoms with van der Waals surface area (Å²) in [4.78, 5) is 0.208. The largest absolute Gasteiger partial charge is 0.273 e. The number of rotatable bonds is 8. The van der Waals surface area contributed by atoms with Gasteiger partial charge >= 0.3 is 0 Å². The number of aromatic nitrogens is 3. The molecule has 6 nitrogen and oxygen atoms in total. The van der Waals surface area contributed by atoms with Crippen molar-refractivity contribution in [1.29, 1.82) is 0 Å². The molecule has 0 aliphatic rings. The number of nitrogens with one attached hydrogen (secondary N) is 1. The van der Waals surface area contributed by atoms with Crippen LogP contribution in [0.4, 0.5) is 0 Å². The average molecular weight is 555 g/mol. The van der Waals surface area contributed by atoms with Gasteiger partial charge in [-0.15, -0.1) is 10.2 Å². The van der Waals surface area contributed by atoms with Gasteiger partial charge in [0.25, 0.3) is 0 Å². The minimum Gasteiger partial charge on any atom is -0.273 e. The van der Waals surface area contributed by atoms with E-state index in [4.69, 9.17) is 11.6 Å². The third-order valence-electron chi connectivity index (χ3n) is 6.01. The molecule has 37 heavy (non-hydrogen) atoms. The normalized spacial score (nSPS) is 12.2. The van der Waals surface area contributed by atoms with E-state index < -0.39 is 10.0 Å². The van der Waals surface area contributed by atoms with E-state index in [0.717, 1.165) is 16.8 Å². The molecule has 194 valence electrons. The molecule has 4 rings (SSSR count). The zero-order valence-corrected chi connectivity index (χ0v) is 24.0. The molecule has 1 N–H and O–H groups in total. The number of sulfonamides is 1. The zero-order valence-electron chi connectivity index (χ0n) is 21.6. The van der Waals surface area contributed by atoms with Crippen LogP contribution in [0.25, 0.3) is 5.69 Å². The molecule has 0 radical (unpaired) electrons. The average Bonchev–Trinajstić information content (AvgIpc) is 3.25. The number of aryl methyl sites for hydroxylation is 2. The molecule has 0 aliphatic heterocycles. The molecule has 0 unspecified atom stereocenters. The summed E-state index contributed by atoms with van der Waals surface area (Å²) in [5.41, 5.74) is 5.15. The number of thioether (sulfide) groups is 1. The van der Waals surface area contributed by atoms with E-state index in [0.29, 0.717) is 21.8 Å². The highest BCUT2D eigenvalue weighted by molar-refractivity contribution is 7.98. The summed E-state index contributed by atoms with van der Waals surface area (Å²) in [7, 11) is -3.75. The number of hydrogen-bond donors (Lipinski definition) is 1. The van der Waals surface area contributed by atoms with Crippen molar-refractivity contribution in [3.63, 3.8) is 0 Å². The van der Waals surface area contributed by atoms with Crippen molar-refractivity contribution in [2.75, 3.05) is 0 Å². The van der Waals surface area contributed by atoms with E-state index in [-0.39, 0.29) is 16.9 Å². The van der Waals surface area contributed by atoms with E-state index in [9.17, 15) is 8.42 Å². The van der Waals surface area contributed by atoms with Crippen molar-refractivity contribution in [1.82, 2.24) is 19.5 Å². The Bertz CT molecular complexity index is 1510. The second-order valence-electron chi connectivity index (χ2n) is 10.0. The maximum absolute atomic E-state index is 13.1. The van der Waals surface area contributed by atoms with Gasteiger partial charge in [-0.25, -0.2) is 13.1 Å². The molecule has 0 bridgehead atoms. The first-order valence-electron chi connectivity index (χ1n) is 11.9. The molecule has 9 heteroatoms. The summed E-state index contributed by atoms with van der Waals surface area (Å²) in [5.74, 6) is 1.18. The minimum absolute atomic E-state index is 0.0205. The highest BCUT2D eigenvalue weighted by Gasteiger charge is 2.21. The summed E-state index contributed by atoms with van der Waals surface area (Å²) in [6.07, 6.45) is 0. The Balaban J connectivity index is 1.62. The topological polar surface area (TPSA) is 76.9 Å². The molecule has 3 aromatic carbocycles. The summed E-state index contributed by atoms with van der Waals surface area (Å²) >= 11 is 7.87. The van der Waals surface area contributed by atoms with Crippen molar-refractivity contribution < 1.29 is 8.42 Å². The molecule has 1 heterocycles. The third-order valence-corrected chi connectivity index (χ3v) is 8.67.